The Bertz CT molecular complexity index is 427. The third-order valence-corrected chi connectivity index (χ3v) is 3.14. The minimum atomic E-state index is 0.0730. The molecule has 3 nitrogen and oxygen atoms in total. The molecule has 1 aromatic rings. The Balaban J connectivity index is 2.11. The molecule has 0 radical (unpaired) electrons. The lowest BCUT2D eigenvalue weighted by atomic mass is 10.1. The molecule has 0 aromatic carbocycles. The molecule has 0 amide bonds. The quantitative estimate of drug-likeness (QED) is 0.773. The van der Waals surface area contributed by atoms with Gasteiger partial charge >= 0.3 is 0 Å². The van der Waals surface area contributed by atoms with E-state index in [1.807, 2.05) is 6.92 Å². The molecular formula is C11H14N2O. The molecule has 0 atom stereocenters. The molecule has 1 N–H and O–H groups in total. The minimum Gasteiger partial charge on any atom is -0.310 e. The van der Waals surface area contributed by atoms with Gasteiger partial charge in [0.25, 0.3) is 5.56 Å². The predicted octanol–water partition coefficient (Wildman–Crippen LogP) is 1.83. The Morgan fingerprint density at radius 1 is 1.21 bits per heavy atom. The van der Waals surface area contributed by atoms with E-state index >= 15 is 0 Å². The van der Waals surface area contributed by atoms with Gasteiger partial charge in [-0.15, -0.1) is 0 Å². The standard InChI is InChI=1S/C11H14N2O/c1-6-9(7-2-3-7)12-10(8-4-5-8)13-11(6)14/h7-8H,2-5H2,1H3,(H,12,13,14). The first-order valence-corrected chi connectivity index (χ1v) is 5.36. The van der Waals surface area contributed by atoms with Gasteiger partial charge in [0.05, 0.1) is 5.69 Å². The lowest BCUT2D eigenvalue weighted by Gasteiger charge is -2.05. The van der Waals surface area contributed by atoms with E-state index < -0.39 is 0 Å². The molecule has 0 saturated heterocycles. The molecule has 2 aliphatic rings. The minimum absolute atomic E-state index is 0.0730. The zero-order valence-electron chi connectivity index (χ0n) is 8.34. The number of rotatable bonds is 2. The van der Waals surface area contributed by atoms with Crippen molar-refractivity contribution in [2.75, 3.05) is 0 Å². The first-order valence-electron chi connectivity index (χ1n) is 5.36. The van der Waals surface area contributed by atoms with Crippen molar-refractivity contribution < 1.29 is 0 Å². The molecule has 0 unspecified atom stereocenters. The number of hydrogen-bond donors (Lipinski definition) is 1. The van der Waals surface area contributed by atoms with E-state index in [-0.39, 0.29) is 5.56 Å². The van der Waals surface area contributed by atoms with Gasteiger partial charge in [-0.05, 0) is 32.6 Å². The van der Waals surface area contributed by atoms with Crippen LogP contribution in [0.15, 0.2) is 4.79 Å². The van der Waals surface area contributed by atoms with E-state index in [4.69, 9.17) is 0 Å². The molecule has 2 fully saturated rings. The van der Waals surface area contributed by atoms with Crippen LogP contribution in [0.4, 0.5) is 0 Å². The smallest absolute Gasteiger partial charge is 0.254 e. The molecular weight excluding hydrogens is 176 g/mol. The fraction of sp³-hybridized carbons (Fsp3) is 0.636. The highest BCUT2D eigenvalue weighted by Crippen LogP contribution is 2.42. The molecule has 3 rings (SSSR count). The van der Waals surface area contributed by atoms with Gasteiger partial charge in [0, 0.05) is 17.4 Å². The van der Waals surface area contributed by atoms with Crippen molar-refractivity contribution in [3.63, 3.8) is 0 Å². The summed E-state index contributed by atoms with van der Waals surface area (Å²) in [5.41, 5.74) is 1.97. The highest BCUT2D eigenvalue weighted by molar-refractivity contribution is 5.25. The van der Waals surface area contributed by atoms with Crippen LogP contribution >= 0.6 is 0 Å². The zero-order valence-corrected chi connectivity index (χ0v) is 8.34. The van der Waals surface area contributed by atoms with Crippen molar-refractivity contribution in [2.24, 2.45) is 0 Å². The molecule has 2 saturated carbocycles. The summed E-state index contributed by atoms with van der Waals surface area (Å²) in [6, 6.07) is 0. The van der Waals surface area contributed by atoms with Gasteiger partial charge in [0.1, 0.15) is 5.82 Å². The van der Waals surface area contributed by atoms with E-state index in [0.717, 1.165) is 17.1 Å². The van der Waals surface area contributed by atoms with Crippen molar-refractivity contribution in [1.29, 1.82) is 0 Å². The van der Waals surface area contributed by atoms with Crippen LogP contribution in [0.1, 0.15) is 54.6 Å². The number of nitrogens with one attached hydrogen (secondary N) is 1. The number of H-pyrrole nitrogens is 1. The summed E-state index contributed by atoms with van der Waals surface area (Å²) < 4.78 is 0. The van der Waals surface area contributed by atoms with Crippen molar-refractivity contribution in [3.8, 4) is 0 Å². The summed E-state index contributed by atoms with van der Waals surface area (Å²) in [5.74, 6) is 2.05. The summed E-state index contributed by atoms with van der Waals surface area (Å²) in [5, 5.41) is 0. The van der Waals surface area contributed by atoms with Crippen molar-refractivity contribution in [3.05, 3.63) is 27.4 Å². The Labute approximate surface area is 82.6 Å². The molecule has 2 aliphatic carbocycles. The maximum Gasteiger partial charge on any atom is 0.254 e. The van der Waals surface area contributed by atoms with Crippen LogP contribution in [-0.4, -0.2) is 9.97 Å². The van der Waals surface area contributed by atoms with E-state index in [9.17, 15) is 4.79 Å². The average molecular weight is 190 g/mol. The van der Waals surface area contributed by atoms with E-state index in [0.29, 0.717) is 11.8 Å². The van der Waals surface area contributed by atoms with Gasteiger partial charge in [0.2, 0.25) is 0 Å². The van der Waals surface area contributed by atoms with Crippen LogP contribution in [0.3, 0.4) is 0 Å². The number of aromatic nitrogens is 2. The summed E-state index contributed by atoms with van der Waals surface area (Å²) in [6.45, 7) is 1.89. The van der Waals surface area contributed by atoms with Gasteiger partial charge in [-0.25, -0.2) is 4.98 Å². The SMILES string of the molecule is Cc1c(C2CC2)nc(C2CC2)[nH]c1=O. The molecule has 14 heavy (non-hydrogen) atoms. The summed E-state index contributed by atoms with van der Waals surface area (Å²) in [7, 11) is 0. The Morgan fingerprint density at radius 3 is 2.43 bits per heavy atom. The van der Waals surface area contributed by atoms with Crippen LogP contribution < -0.4 is 5.56 Å². The summed E-state index contributed by atoms with van der Waals surface area (Å²) in [4.78, 5) is 19.1. The molecule has 0 bridgehead atoms. The first kappa shape index (κ1) is 8.21. The largest absolute Gasteiger partial charge is 0.310 e. The van der Waals surface area contributed by atoms with Crippen molar-refractivity contribution in [1.82, 2.24) is 9.97 Å². The molecule has 74 valence electrons. The summed E-state index contributed by atoms with van der Waals surface area (Å²) >= 11 is 0. The Kier molecular flexibility index (Phi) is 1.58. The Hall–Kier alpha value is -1.12. The molecule has 3 heteroatoms. The lowest BCUT2D eigenvalue weighted by Crippen LogP contribution is -2.17. The normalized spacial score (nSPS) is 21.2. The lowest BCUT2D eigenvalue weighted by molar-refractivity contribution is 0.840. The monoisotopic (exact) mass is 190 g/mol. The van der Waals surface area contributed by atoms with E-state index in [1.54, 1.807) is 0 Å². The number of nitrogens with zero attached hydrogens (tertiary/aromatic N) is 1. The van der Waals surface area contributed by atoms with Crippen LogP contribution in [0.2, 0.25) is 0 Å². The zero-order chi connectivity index (χ0) is 9.71. The molecule has 1 aromatic heterocycles. The fourth-order valence-corrected chi connectivity index (χ4v) is 1.87. The maximum absolute atomic E-state index is 11.6. The summed E-state index contributed by atoms with van der Waals surface area (Å²) in [6.07, 6.45) is 4.80. The number of aromatic amines is 1. The van der Waals surface area contributed by atoms with Gasteiger partial charge in [-0.2, -0.15) is 0 Å². The van der Waals surface area contributed by atoms with Crippen LogP contribution in [0.25, 0.3) is 0 Å². The molecule has 0 aliphatic heterocycles. The Morgan fingerprint density at radius 2 is 1.86 bits per heavy atom. The van der Waals surface area contributed by atoms with Gasteiger partial charge < -0.3 is 4.98 Å². The third-order valence-electron chi connectivity index (χ3n) is 3.14. The second kappa shape index (κ2) is 2.69. The highest BCUT2D eigenvalue weighted by Gasteiger charge is 2.31. The molecule has 0 spiro atoms. The topological polar surface area (TPSA) is 45.8 Å². The third kappa shape index (κ3) is 1.27. The van der Waals surface area contributed by atoms with Crippen molar-refractivity contribution in [2.45, 2.75) is 44.4 Å². The average Bonchev–Trinajstić information content (AvgIpc) is 3.04. The van der Waals surface area contributed by atoms with E-state index in [2.05, 4.69) is 9.97 Å². The highest BCUT2D eigenvalue weighted by atomic mass is 16.1. The van der Waals surface area contributed by atoms with Gasteiger partial charge in [0.15, 0.2) is 0 Å². The maximum atomic E-state index is 11.6. The molecule has 1 heterocycles. The van der Waals surface area contributed by atoms with Crippen LogP contribution in [0.5, 0.6) is 0 Å². The van der Waals surface area contributed by atoms with E-state index in [1.165, 1.54) is 25.7 Å². The predicted molar refractivity (Wildman–Crippen MR) is 53.5 cm³/mol. The van der Waals surface area contributed by atoms with Crippen molar-refractivity contribution >= 4 is 0 Å². The van der Waals surface area contributed by atoms with Crippen LogP contribution in [-0.2, 0) is 0 Å². The van der Waals surface area contributed by atoms with Crippen LogP contribution in [0, 0.1) is 6.92 Å². The second-order valence-electron chi connectivity index (χ2n) is 4.51. The fourth-order valence-electron chi connectivity index (χ4n) is 1.87. The number of hydrogen-bond acceptors (Lipinski definition) is 2. The van der Waals surface area contributed by atoms with Gasteiger partial charge in [-0.1, -0.05) is 0 Å². The van der Waals surface area contributed by atoms with Gasteiger partial charge in [-0.3, -0.25) is 4.79 Å². The first-order chi connectivity index (χ1) is 6.75. The second-order valence-corrected chi connectivity index (χ2v) is 4.51.